The van der Waals surface area contributed by atoms with Crippen LogP contribution in [-0.2, 0) is 16.0 Å². The number of likely N-dealkylation sites (N-methyl/N-ethyl adjacent to an activating group) is 1. The second-order valence-corrected chi connectivity index (χ2v) is 6.20. The Morgan fingerprint density at radius 3 is 2.62 bits per heavy atom. The summed E-state index contributed by atoms with van der Waals surface area (Å²) >= 11 is 0. The number of carbonyl (C=O) groups is 1. The molecule has 1 amide bonds. The van der Waals surface area contributed by atoms with Crippen molar-refractivity contribution in [3.63, 3.8) is 0 Å². The van der Waals surface area contributed by atoms with Crippen molar-refractivity contribution in [1.29, 1.82) is 0 Å². The minimum absolute atomic E-state index is 0.0171. The first kappa shape index (κ1) is 15.9. The predicted molar refractivity (Wildman–Crippen MR) is 79.5 cm³/mol. The van der Waals surface area contributed by atoms with Gasteiger partial charge >= 0.3 is 0 Å². The maximum Gasteiger partial charge on any atom is 0.234 e. The Hall–Kier alpha value is -1.46. The standard InChI is InChI=1S/C16H23FN2O2/c1-16(11-21-12-16)10-19(2)9-15(20)18-8-7-13-3-5-14(17)6-4-13/h3-6H,7-12H2,1-2H3,(H,18,20). The summed E-state index contributed by atoms with van der Waals surface area (Å²) in [4.78, 5) is 13.9. The smallest absolute Gasteiger partial charge is 0.234 e. The van der Waals surface area contributed by atoms with Crippen LogP contribution in [0.4, 0.5) is 4.39 Å². The second kappa shape index (κ2) is 7.00. The van der Waals surface area contributed by atoms with Crippen molar-refractivity contribution in [2.75, 3.05) is 39.9 Å². The molecular formula is C16H23FN2O2. The van der Waals surface area contributed by atoms with E-state index in [-0.39, 0.29) is 17.1 Å². The minimum atomic E-state index is -0.238. The maximum atomic E-state index is 12.8. The number of hydrogen-bond acceptors (Lipinski definition) is 3. The Labute approximate surface area is 125 Å². The molecule has 0 aromatic heterocycles. The van der Waals surface area contributed by atoms with E-state index in [1.165, 1.54) is 12.1 Å². The summed E-state index contributed by atoms with van der Waals surface area (Å²) in [5.74, 6) is -0.221. The summed E-state index contributed by atoms with van der Waals surface area (Å²) in [6.07, 6.45) is 0.710. The highest BCUT2D eigenvalue weighted by Crippen LogP contribution is 2.26. The highest BCUT2D eigenvalue weighted by Gasteiger charge is 2.34. The first-order valence-corrected chi connectivity index (χ1v) is 7.24. The molecule has 1 aromatic carbocycles. The van der Waals surface area contributed by atoms with Crippen LogP contribution in [-0.4, -0.2) is 50.7 Å². The number of ether oxygens (including phenoxy) is 1. The minimum Gasteiger partial charge on any atom is -0.380 e. The summed E-state index contributed by atoms with van der Waals surface area (Å²) in [6, 6.07) is 6.36. The molecule has 5 heteroatoms. The SMILES string of the molecule is CN(CC(=O)NCCc1ccc(F)cc1)CC1(C)COC1. The number of hydrogen-bond donors (Lipinski definition) is 1. The third-order valence-corrected chi connectivity index (χ3v) is 3.62. The summed E-state index contributed by atoms with van der Waals surface area (Å²) in [6.45, 7) is 5.52. The molecule has 0 atom stereocenters. The van der Waals surface area contributed by atoms with E-state index in [1.807, 2.05) is 11.9 Å². The fourth-order valence-electron chi connectivity index (χ4n) is 2.55. The van der Waals surface area contributed by atoms with Gasteiger partial charge in [0.1, 0.15) is 5.82 Å². The van der Waals surface area contributed by atoms with Crippen LogP contribution in [0.15, 0.2) is 24.3 Å². The van der Waals surface area contributed by atoms with Crippen molar-refractivity contribution in [3.05, 3.63) is 35.6 Å². The van der Waals surface area contributed by atoms with Gasteiger partial charge in [-0.25, -0.2) is 4.39 Å². The van der Waals surface area contributed by atoms with Gasteiger partial charge in [-0.05, 0) is 31.2 Å². The van der Waals surface area contributed by atoms with Gasteiger partial charge < -0.3 is 10.1 Å². The molecule has 1 fully saturated rings. The number of benzene rings is 1. The molecule has 0 bridgehead atoms. The van der Waals surface area contributed by atoms with E-state index in [9.17, 15) is 9.18 Å². The van der Waals surface area contributed by atoms with Gasteiger partial charge in [-0.3, -0.25) is 9.69 Å². The van der Waals surface area contributed by atoms with Crippen LogP contribution in [0.25, 0.3) is 0 Å². The molecule has 1 aliphatic rings. The molecule has 2 rings (SSSR count). The lowest BCUT2D eigenvalue weighted by Crippen LogP contribution is -2.49. The second-order valence-electron chi connectivity index (χ2n) is 6.20. The molecule has 0 radical (unpaired) electrons. The molecule has 1 heterocycles. The van der Waals surface area contributed by atoms with E-state index >= 15 is 0 Å². The molecule has 1 aromatic rings. The quantitative estimate of drug-likeness (QED) is 0.827. The highest BCUT2D eigenvalue weighted by atomic mass is 19.1. The lowest BCUT2D eigenvalue weighted by molar-refractivity contribution is -0.127. The van der Waals surface area contributed by atoms with Crippen LogP contribution in [0.1, 0.15) is 12.5 Å². The molecule has 0 unspecified atom stereocenters. The maximum absolute atomic E-state index is 12.8. The normalized spacial score (nSPS) is 16.6. The predicted octanol–water partition coefficient (Wildman–Crippen LogP) is 1.45. The summed E-state index contributed by atoms with van der Waals surface area (Å²) in [5.41, 5.74) is 1.20. The topological polar surface area (TPSA) is 41.6 Å². The molecule has 21 heavy (non-hydrogen) atoms. The number of amides is 1. The molecule has 0 saturated carbocycles. The van der Waals surface area contributed by atoms with Crippen LogP contribution in [0.5, 0.6) is 0 Å². The van der Waals surface area contributed by atoms with Crippen molar-refractivity contribution in [2.45, 2.75) is 13.3 Å². The van der Waals surface area contributed by atoms with E-state index in [0.717, 1.165) is 25.3 Å². The van der Waals surface area contributed by atoms with Crippen LogP contribution >= 0.6 is 0 Å². The lowest BCUT2D eigenvalue weighted by Gasteiger charge is -2.40. The summed E-state index contributed by atoms with van der Waals surface area (Å²) < 4.78 is 18.0. The number of carbonyl (C=O) groups excluding carboxylic acids is 1. The zero-order chi connectivity index (χ0) is 15.3. The molecule has 4 nitrogen and oxygen atoms in total. The van der Waals surface area contributed by atoms with Gasteiger partial charge in [0.25, 0.3) is 0 Å². The number of nitrogens with one attached hydrogen (secondary N) is 1. The Bertz CT molecular complexity index is 472. The fourth-order valence-corrected chi connectivity index (χ4v) is 2.55. The first-order chi connectivity index (χ1) is 9.97. The van der Waals surface area contributed by atoms with Crippen molar-refractivity contribution in [2.24, 2.45) is 5.41 Å². The van der Waals surface area contributed by atoms with E-state index < -0.39 is 0 Å². The lowest BCUT2D eigenvalue weighted by atomic mass is 9.88. The first-order valence-electron chi connectivity index (χ1n) is 7.24. The monoisotopic (exact) mass is 294 g/mol. The van der Waals surface area contributed by atoms with E-state index in [0.29, 0.717) is 19.5 Å². The average molecular weight is 294 g/mol. The Kier molecular flexibility index (Phi) is 5.31. The van der Waals surface area contributed by atoms with Crippen LogP contribution in [0.3, 0.4) is 0 Å². The molecule has 1 aliphatic heterocycles. The van der Waals surface area contributed by atoms with Crippen LogP contribution < -0.4 is 5.32 Å². The summed E-state index contributed by atoms with van der Waals surface area (Å²) in [7, 11) is 1.95. The Morgan fingerprint density at radius 1 is 1.38 bits per heavy atom. The van der Waals surface area contributed by atoms with Gasteiger partial charge in [0.05, 0.1) is 19.8 Å². The molecule has 1 saturated heterocycles. The van der Waals surface area contributed by atoms with Gasteiger partial charge in [0.2, 0.25) is 5.91 Å². The third kappa shape index (κ3) is 5.10. The van der Waals surface area contributed by atoms with Crippen molar-refractivity contribution >= 4 is 5.91 Å². The van der Waals surface area contributed by atoms with E-state index in [2.05, 4.69) is 12.2 Å². The molecule has 116 valence electrons. The van der Waals surface area contributed by atoms with Crippen molar-refractivity contribution in [1.82, 2.24) is 10.2 Å². The number of nitrogens with zero attached hydrogens (tertiary/aromatic N) is 1. The Balaban J connectivity index is 1.64. The molecule has 1 N–H and O–H groups in total. The van der Waals surface area contributed by atoms with Gasteiger partial charge in [0.15, 0.2) is 0 Å². The fraction of sp³-hybridized carbons (Fsp3) is 0.562. The third-order valence-electron chi connectivity index (χ3n) is 3.62. The number of halogens is 1. The van der Waals surface area contributed by atoms with Crippen molar-refractivity contribution in [3.8, 4) is 0 Å². The van der Waals surface area contributed by atoms with Gasteiger partial charge in [-0.2, -0.15) is 0 Å². The van der Waals surface area contributed by atoms with Crippen molar-refractivity contribution < 1.29 is 13.9 Å². The highest BCUT2D eigenvalue weighted by molar-refractivity contribution is 5.77. The van der Waals surface area contributed by atoms with E-state index in [4.69, 9.17) is 4.74 Å². The van der Waals surface area contributed by atoms with Gasteiger partial charge in [-0.15, -0.1) is 0 Å². The molecular weight excluding hydrogens is 271 g/mol. The van der Waals surface area contributed by atoms with Crippen LogP contribution in [0.2, 0.25) is 0 Å². The molecule has 0 spiro atoms. The zero-order valence-corrected chi connectivity index (χ0v) is 12.7. The van der Waals surface area contributed by atoms with Crippen LogP contribution in [0, 0.1) is 11.2 Å². The largest absolute Gasteiger partial charge is 0.380 e. The summed E-state index contributed by atoms with van der Waals surface area (Å²) in [5, 5.41) is 2.89. The van der Waals surface area contributed by atoms with E-state index in [1.54, 1.807) is 12.1 Å². The van der Waals surface area contributed by atoms with Gasteiger partial charge in [0, 0.05) is 18.5 Å². The Morgan fingerprint density at radius 2 is 2.05 bits per heavy atom. The van der Waals surface area contributed by atoms with Gasteiger partial charge in [-0.1, -0.05) is 19.1 Å². The molecule has 0 aliphatic carbocycles. The number of rotatable bonds is 7. The average Bonchev–Trinajstić information content (AvgIpc) is 2.39. The zero-order valence-electron chi connectivity index (χ0n) is 12.7.